The fourth-order valence-corrected chi connectivity index (χ4v) is 8.97. The highest BCUT2D eigenvalue weighted by molar-refractivity contribution is 5.95. The van der Waals surface area contributed by atoms with Gasteiger partial charge >= 0.3 is 11.9 Å². The number of amides is 1. The first-order valence-electron chi connectivity index (χ1n) is 16.6. The molecule has 3 saturated carbocycles. The summed E-state index contributed by atoms with van der Waals surface area (Å²) in [7, 11) is 0. The van der Waals surface area contributed by atoms with Crippen molar-refractivity contribution in [3.63, 3.8) is 0 Å². The van der Waals surface area contributed by atoms with Crippen molar-refractivity contribution < 1.29 is 48.5 Å². The van der Waals surface area contributed by atoms with Crippen LogP contribution in [0.25, 0.3) is 0 Å². The van der Waals surface area contributed by atoms with E-state index in [0.717, 1.165) is 18.4 Å². The van der Waals surface area contributed by atoms with E-state index in [9.17, 15) is 39.0 Å². The van der Waals surface area contributed by atoms with E-state index in [2.05, 4.69) is 12.2 Å². The van der Waals surface area contributed by atoms with Gasteiger partial charge in [-0.2, -0.15) is 0 Å². The normalized spacial score (nSPS) is 31.8. The number of carbonyl (C=O) groups excluding carboxylic acids is 6. The van der Waals surface area contributed by atoms with Crippen LogP contribution in [-0.2, 0) is 44.7 Å². The Morgan fingerprint density at radius 2 is 1.72 bits per heavy atom. The number of benzene rings is 1. The molecule has 0 radical (unpaired) electrons. The van der Waals surface area contributed by atoms with Gasteiger partial charge in [0, 0.05) is 37.0 Å². The number of rotatable bonds is 11. The van der Waals surface area contributed by atoms with E-state index >= 15 is 0 Å². The molecule has 0 unspecified atom stereocenters. The number of fused-ring (bicyclic) bond motifs is 5. The number of ether oxygens (including phenoxy) is 2. The molecule has 0 aromatic heterocycles. The lowest BCUT2D eigenvalue weighted by atomic mass is 9.46. The summed E-state index contributed by atoms with van der Waals surface area (Å²) in [6, 6.07) is 5.15. The van der Waals surface area contributed by atoms with Gasteiger partial charge in [-0.3, -0.25) is 24.0 Å². The number of hydrogen-bond donors (Lipinski definition) is 3. The van der Waals surface area contributed by atoms with Crippen LogP contribution in [-0.4, -0.2) is 70.3 Å². The third-order valence-corrected chi connectivity index (χ3v) is 11.5. The second-order valence-electron chi connectivity index (χ2n) is 14.1. The Labute approximate surface area is 274 Å². The minimum absolute atomic E-state index is 0.00744. The Hall–Kier alpha value is -3.86. The Kier molecular flexibility index (Phi) is 9.78. The fraction of sp³-hybridized carbons (Fsp3) is 0.611. The van der Waals surface area contributed by atoms with Crippen molar-refractivity contribution in [2.24, 2.45) is 28.6 Å². The van der Waals surface area contributed by atoms with Crippen molar-refractivity contribution in [2.45, 2.75) is 96.6 Å². The van der Waals surface area contributed by atoms with Gasteiger partial charge < -0.3 is 25.0 Å². The lowest BCUT2D eigenvalue weighted by Crippen LogP contribution is -2.61. The van der Waals surface area contributed by atoms with Crippen LogP contribution in [0.2, 0.25) is 0 Å². The van der Waals surface area contributed by atoms with Gasteiger partial charge in [0.25, 0.3) is 0 Å². The number of aromatic hydroxyl groups is 1. The number of Topliss-reactive ketones (excluding diaryl/α,β-unsaturated/α-hetero) is 2. The molecule has 0 heterocycles. The third-order valence-electron chi connectivity index (χ3n) is 11.5. The van der Waals surface area contributed by atoms with Gasteiger partial charge in [-0.25, -0.2) is 4.79 Å². The fourth-order valence-electron chi connectivity index (χ4n) is 8.97. The Balaban J connectivity index is 1.16. The van der Waals surface area contributed by atoms with E-state index in [4.69, 9.17) is 9.47 Å². The number of hydrogen-bond acceptors (Lipinski definition) is 10. The molecule has 47 heavy (non-hydrogen) atoms. The minimum atomic E-state index is -1.84. The highest BCUT2D eigenvalue weighted by Gasteiger charge is 2.68. The summed E-state index contributed by atoms with van der Waals surface area (Å²) in [4.78, 5) is 77.1. The molecule has 1 aromatic carbocycles. The molecule has 11 heteroatoms. The zero-order valence-corrected chi connectivity index (χ0v) is 27.3. The number of nitrogens with one attached hydrogen (secondary N) is 1. The maximum absolute atomic E-state index is 13.8. The highest BCUT2D eigenvalue weighted by atomic mass is 16.5. The molecule has 11 nitrogen and oxygen atoms in total. The van der Waals surface area contributed by atoms with Crippen molar-refractivity contribution in [3.8, 4) is 5.75 Å². The largest absolute Gasteiger partial charge is 0.508 e. The third kappa shape index (κ3) is 6.51. The molecule has 1 aromatic rings. The zero-order valence-electron chi connectivity index (χ0n) is 27.3. The molecule has 1 amide bonds. The SMILES string of the molecule is CCOC(=O)[C@H](Cc1ccc(O)cc1)NC(=O)CCC(=O)OCC(=O)[C@@]1(O)CC[C@@H]2[C@H]3CCC4=CC(=O)CC[C@]4(C)[C@@H]3C(=O)C[C@@]21C. The molecule has 4 aliphatic rings. The van der Waals surface area contributed by atoms with E-state index in [1.165, 1.54) is 12.1 Å². The van der Waals surface area contributed by atoms with E-state index in [-0.39, 0.29) is 79.2 Å². The molecular formula is C36H45NO10. The van der Waals surface area contributed by atoms with Gasteiger partial charge in [0.2, 0.25) is 11.7 Å². The predicted molar refractivity (Wildman–Crippen MR) is 168 cm³/mol. The van der Waals surface area contributed by atoms with E-state index in [1.54, 1.807) is 32.1 Å². The van der Waals surface area contributed by atoms with Crippen LogP contribution in [0.1, 0.15) is 84.1 Å². The van der Waals surface area contributed by atoms with Crippen LogP contribution in [0.3, 0.4) is 0 Å². The van der Waals surface area contributed by atoms with Crippen LogP contribution in [0, 0.1) is 28.6 Å². The standard InChI is InChI=1S/C36H45NO10/c1-4-46-33(44)27(17-21-5-8-23(38)9-6-21)37-30(42)11-12-31(43)47-20-29(41)36(45)16-14-26-25-10-7-22-18-24(39)13-15-34(22,2)32(25)28(40)19-35(26,36)3/h5-6,8-9,18,25-27,32,38,45H,4,7,10-17,19-20H2,1-3H3,(H,37,42)/t25-,26-,27+,32+,34+,35+,36+/m1/s1. The molecule has 4 aliphatic carbocycles. The van der Waals surface area contributed by atoms with Crippen LogP contribution in [0.4, 0.5) is 0 Å². The molecule has 3 fully saturated rings. The van der Waals surface area contributed by atoms with Crippen LogP contribution < -0.4 is 5.32 Å². The molecular weight excluding hydrogens is 606 g/mol. The minimum Gasteiger partial charge on any atom is -0.508 e. The van der Waals surface area contributed by atoms with Gasteiger partial charge in [0.05, 0.1) is 13.0 Å². The van der Waals surface area contributed by atoms with Crippen molar-refractivity contribution in [1.29, 1.82) is 0 Å². The molecule has 0 saturated heterocycles. The first-order chi connectivity index (χ1) is 22.2. The first kappa shape index (κ1) is 34.5. The molecule has 3 N–H and O–H groups in total. The number of allylic oxidation sites excluding steroid dienone is 1. The number of esters is 2. The summed E-state index contributed by atoms with van der Waals surface area (Å²) >= 11 is 0. The zero-order chi connectivity index (χ0) is 34.1. The Morgan fingerprint density at radius 1 is 1.00 bits per heavy atom. The van der Waals surface area contributed by atoms with Crippen molar-refractivity contribution in [1.82, 2.24) is 5.32 Å². The number of phenols is 1. The number of aliphatic hydroxyl groups is 1. The summed E-state index contributed by atoms with van der Waals surface area (Å²) in [6.07, 6.45) is 4.44. The van der Waals surface area contributed by atoms with Gasteiger partial charge in [0.1, 0.15) is 23.2 Å². The lowest BCUT2D eigenvalue weighted by molar-refractivity contribution is -0.173. The predicted octanol–water partition coefficient (Wildman–Crippen LogP) is 3.32. The van der Waals surface area contributed by atoms with Gasteiger partial charge in [0.15, 0.2) is 12.4 Å². The Bertz CT molecular complexity index is 1480. The van der Waals surface area contributed by atoms with Gasteiger partial charge in [-0.1, -0.05) is 31.6 Å². The van der Waals surface area contributed by atoms with Gasteiger partial charge in [-0.15, -0.1) is 0 Å². The summed E-state index contributed by atoms with van der Waals surface area (Å²) in [6.45, 7) is 4.97. The molecule has 254 valence electrons. The van der Waals surface area contributed by atoms with Crippen molar-refractivity contribution >= 4 is 35.2 Å². The lowest BCUT2D eigenvalue weighted by Gasteiger charge is -2.57. The van der Waals surface area contributed by atoms with Crippen LogP contribution >= 0.6 is 0 Å². The van der Waals surface area contributed by atoms with E-state index in [0.29, 0.717) is 24.8 Å². The monoisotopic (exact) mass is 651 g/mol. The summed E-state index contributed by atoms with van der Waals surface area (Å²) in [5.74, 6) is -2.85. The molecule has 0 aliphatic heterocycles. The summed E-state index contributed by atoms with van der Waals surface area (Å²) in [5, 5.41) is 23.9. The second-order valence-corrected chi connectivity index (χ2v) is 14.1. The number of ketones is 3. The highest BCUT2D eigenvalue weighted by Crippen LogP contribution is 2.66. The second kappa shape index (κ2) is 13.3. The van der Waals surface area contributed by atoms with Crippen LogP contribution in [0.15, 0.2) is 35.9 Å². The molecule has 0 bridgehead atoms. The molecule has 0 spiro atoms. The number of phenolic OH excluding ortho intramolecular Hbond substituents is 1. The van der Waals surface area contributed by atoms with Crippen LogP contribution in [0.5, 0.6) is 5.75 Å². The van der Waals surface area contributed by atoms with Crippen molar-refractivity contribution in [2.75, 3.05) is 13.2 Å². The average molecular weight is 652 g/mol. The first-order valence-corrected chi connectivity index (χ1v) is 16.6. The summed E-state index contributed by atoms with van der Waals surface area (Å²) < 4.78 is 10.3. The van der Waals surface area contributed by atoms with E-state index in [1.807, 2.05) is 0 Å². The smallest absolute Gasteiger partial charge is 0.328 e. The maximum atomic E-state index is 13.8. The van der Waals surface area contributed by atoms with E-state index < -0.39 is 47.3 Å². The summed E-state index contributed by atoms with van der Waals surface area (Å²) in [5.41, 5.74) is -1.50. The van der Waals surface area contributed by atoms with Gasteiger partial charge in [-0.05, 0) is 80.1 Å². The number of carbonyl (C=O) groups is 6. The Morgan fingerprint density at radius 3 is 2.43 bits per heavy atom. The molecule has 5 rings (SSSR count). The average Bonchev–Trinajstić information content (AvgIpc) is 3.30. The topological polar surface area (TPSA) is 173 Å². The quantitative estimate of drug-likeness (QED) is 0.301. The molecule has 7 atom stereocenters. The maximum Gasteiger partial charge on any atom is 0.328 e. The van der Waals surface area contributed by atoms with Crippen molar-refractivity contribution in [3.05, 3.63) is 41.5 Å².